The quantitative estimate of drug-likeness (QED) is 0.776. The lowest BCUT2D eigenvalue weighted by molar-refractivity contribution is -0.0975. The molecule has 1 heterocycles. The normalized spacial score (nSPS) is 38.1. The second-order valence-electron chi connectivity index (χ2n) is 5.47. The van der Waals surface area contributed by atoms with Crippen LogP contribution in [0.3, 0.4) is 0 Å². The molecular formula is C12H24N2OS. The molecule has 0 amide bonds. The average Bonchev–Trinajstić information content (AvgIpc) is 2.29. The standard InChI is InChI=1S/C12H24N2OS/c1-12(2)10(6-11(12)15-3)14-7-9-8-16-5-4-13-9/h9-11,13-14H,4-8H2,1-3H3. The maximum absolute atomic E-state index is 5.46. The lowest BCUT2D eigenvalue weighted by atomic mass is 9.64. The first kappa shape index (κ1) is 12.7. The van der Waals surface area contributed by atoms with Gasteiger partial charge >= 0.3 is 0 Å². The Morgan fingerprint density at radius 1 is 1.50 bits per heavy atom. The van der Waals surface area contributed by atoms with Crippen molar-refractivity contribution in [2.24, 2.45) is 5.41 Å². The molecule has 3 unspecified atom stereocenters. The van der Waals surface area contributed by atoms with E-state index in [-0.39, 0.29) is 5.41 Å². The molecule has 1 saturated heterocycles. The van der Waals surface area contributed by atoms with Gasteiger partial charge in [0.05, 0.1) is 6.10 Å². The van der Waals surface area contributed by atoms with Crippen LogP contribution >= 0.6 is 11.8 Å². The van der Waals surface area contributed by atoms with Crippen molar-refractivity contribution in [1.82, 2.24) is 10.6 Å². The van der Waals surface area contributed by atoms with Crippen LogP contribution in [0, 0.1) is 5.41 Å². The van der Waals surface area contributed by atoms with Crippen LogP contribution in [0.1, 0.15) is 20.3 Å². The Kier molecular flexibility index (Phi) is 4.16. The highest BCUT2D eigenvalue weighted by Gasteiger charge is 2.48. The molecule has 0 aromatic rings. The summed E-state index contributed by atoms with van der Waals surface area (Å²) in [7, 11) is 1.82. The molecule has 0 bridgehead atoms. The van der Waals surface area contributed by atoms with Crippen molar-refractivity contribution < 1.29 is 4.74 Å². The van der Waals surface area contributed by atoms with Gasteiger partial charge in [0.2, 0.25) is 0 Å². The summed E-state index contributed by atoms with van der Waals surface area (Å²) in [5.74, 6) is 2.50. The zero-order chi connectivity index (χ0) is 11.6. The largest absolute Gasteiger partial charge is 0.381 e. The molecule has 2 fully saturated rings. The zero-order valence-electron chi connectivity index (χ0n) is 10.6. The predicted octanol–water partition coefficient (Wildman–Crippen LogP) is 1.09. The average molecular weight is 244 g/mol. The number of methoxy groups -OCH3 is 1. The molecule has 1 aliphatic heterocycles. The first-order valence-electron chi connectivity index (χ1n) is 6.22. The summed E-state index contributed by atoms with van der Waals surface area (Å²) >= 11 is 2.06. The van der Waals surface area contributed by atoms with Crippen LogP contribution in [0.25, 0.3) is 0 Å². The van der Waals surface area contributed by atoms with Gasteiger partial charge < -0.3 is 15.4 Å². The maximum atomic E-state index is 5.46. The van der Waals surface area contributed by atoms with E-state index in [1.807, 2.05) is 7.11 Å². The van der Waals surface area contributed by atoms with E-state index >= 15 is 0 Å². The SMILES string of the molecule is COC1CC(NCC2CSCCN2)C1(C)C. The van der Waals surface area contributed by atoms with E-state index in [1.54, 1.807) is 0 Å². The lowest BCUT2D eigenvalue weighted by Gasteiger charge is -2.51. The summed E-state index contributed by atoms with van der Waals surface area (Å²) in [6.45, 7) is 6.85. The molecule has 1 aliphatic carbocycles. The van der Waals surface area contributed by atoms with Gasteiger partial charge in [-0.25, -0.2) is 0 Å². The van der Waals surface area contributed by atoms with Crippen LogP contribution in [0.15, 0.2) is 0 Å². The van der Waals surface area contributed by atoms with Crippen molar-refractivity contribution >= 4 is 11.8 Å². The van der Waals surface area contributed by atoms with Crippen LogP contribution < -0.4 is 10.6 Å². The maximum Gasteiger partial charge on any atom is 0.0652 e. The van der Waals surface area contributed by atoms with Gasteiger partial charge in [0, 0.05) is 49.2 Å². The fourth-order valence-corrected chi connectivity index (χ4v) is 3.62. The van der Waals surface area contributed by atoms with E-state index in [1.165, 1.54) is 11.5 Å². The zero-order valence-corrected chi connectivity index (χ0v) is 11.4. The minimum absolute atomic E-state index is 0.288. The predicted molar refractivity (Wildman–Crippen MR) is 70.1 cm³/mol. The second-order valence-corrected chi connectivity index (χ2v) is 6.62. The van der Waals surface area contributed by atoms with E-state index in [9.17, 15) is 0 Å². The molecule has 4 heteroatoms. The van der Waals surface area contributed by atoms with Gasteiger partial charge in [-0.2, -0.15) is 11.8 Å². The van der Waals surface area contributed by atoms with Crippen molar-refractivity contribution in [3.63, 3.8) is 0 Å². The molecule has 3 nitrogen and oxygen atoms in total. The summed E-state index contributed by atoms with van der Waals surface area (Å²) in [5, 5.41) is 7.25. The minimum Gasteiger partial charge on any atom is -0.381 e. The number of ether oxygens (including phenoxy) is 1. The van der Waals surface area contributed by atoms with E-state index in [2.05, 4.69) is 36.2 Å². The first-order chi connectivity index (χ1) is 7.64. The molecular weight excluding hydrogens is 220 g/mol. The Hall–Kier alpha value is 0.230. The molecule has 1 saturated carbocycles. The van der Waals surface area contributed by atoms with E-state index in [0.29, 0.717) is 18.2 Å². The fourth-order valence-electron chi connectivity index (χ4n) is 2.67. The summed E-state index contributed by atoms with van der Waals surface area (Å²) in [6.07, 6.45) is 1.59. The molecule has 2 aliphatic rings. The Balaban J connectivity index is 1.71. The highest BCUT2D eigenvalue weighted by molar-refractivity contribution is 7.99. The molecule has 0 spiro atoms. The Labute approximate surface area is 103 Å². The van der Waals surface area contributed by atoms with Crippen molar-refractivity contribution in [1.29, 1.82) is 0 Å². The van der Waals surface area contributed by atoms with E-state index in [0.717, 1.165) is 19.5 Å². The molecule has 94 valence electrons. The van der Waals surface area contributed by atoms with Crippen LogP contribution in [0.2, 0.25) is 0 Å². The van der Waals surface area contributed by atoms with Crippen molar-refractivity contribution in [3.8, 4) is 0 Å². The molecule has 0 aromatic carbocycles. The third-order valence-electron chi connectivity index (χ3n) is 4.07. The minimum atomic E-state index is 0.288. The summed E-state index contributed by atoms with van der Waals surface area (Å²) in [6, 6.07) is 1.27. The molecule has 16 heavy (non-hydrogen) atoms. The van der Waals surface area contributed by atoms with E-state index in [4.69, 9.17) is 4.74 Å². The summed E-state index contributed by atoms with van der Waals surface area (Å²) in [5.41, 5.74) is 0.288. The van der Waals surface area contributed by atoms with Crippen LogP contribution in [0.4, 0.5) is 0 Å². The van der Waals surface area contributed by atoms with Crippen LogP contribution in [-0.2, 0) is 4.74 Å². The lowest BCUT2D eigenvalue weighted by Crippen LogP contribution is -2.62. The number of thioether (sulfide) groups is 1. The third-order valence-corrected chi connectivity index (χ3v) is 5.20. The molecule has 3 atom stereocenters. The Morgan fingerprint density at radius 2 is 2.31 bits per heavy atom. The smallest absolute Gasteiger partial charge is 0.0652 e. The number of hydrogen-bond acceptors (Lipinski definition) is 4. The monoisotopic (exact) mass is 244 g/mol. The van der Waals surface area contributed by atoms with Crippen LogP contribution in [0.5, 0.6) is 0 Å². The van der Waals surface area contributed by atoms with Gasteiger partial charge in [0.15, 0.2) is 0 Å². The molecule has 2 rings (SSSR count). The number of rotatable bonds is 4. The highest BCUT2D eigenvalue weighted by atomic mass is 32.2. The molecule has 0 radical (unpaired) electrons. The summed E-state index contributed by atoms with van der Waals surface area (Å²) < 4.78 is 5.46. The Morgan fingerprint density at radius 3 is 2.88 bits per heavy atom. The summed E-state index contributed by atoms with van der Waals surface area (Å²) in [4.78, 5) is 0. The van der Waals surface area contributed by atoms with Crippen molar-refractivity contribution in [2.75, 3.05) is 31.7 Å². The second kappa shape index (κ2) is 5.25. The first-order valence-corrected chi connectivity index (χ1v) is 7.37. The topological polar surface area (TPSA) is 33.3 Å². The van der Waals surface area contributed by atoms with Gasteiger partial charge in [-0.3, -0.25) is 0 Å². The third kappa shape index (κ3) is 2.55. The van der Waals surface area contributed by atoms with Gasteiger partial charge in [-0.15, -0.1) is 0 Å². The van der Waals surface area contributed by atoms with Gasteiger partial charge in [0.1, 0.15) is 0 Å². The van der Waals surface area contributed by atoms with Gasteiger partial charge in [0.25, 0.3) is 0 Å². The molecule has 0 aromatic heterocycles. The number of nitrogens with one attached hydrogen (secondary N) is 2. The number of hydrogen-bond donors (Lipinski definition) is 2. The highest BCUT2D eigenvalue weighted by Crippen LogP contribution is 2.42. The fraction of sp³-hybridized carbons (Fsp3) is 1.00. The van der Waals surface area contributed by atoms with Crippen molar-refractivity contribution in [2.45, 2.75) is 38.5 Å². The van der Waals surface area contributed by atoms with Gasteiger partial charge in [-0.05, 0) is 6.42 Å². The Bertz CT molecular complexity index is 229. The molecule has 2 N–H and O–H groups in total. The van der Waals surface area contributed by atoms with Crippen LogP contribution in [-0.4, -0.2) is 49.9 Å². The van der Waals surface area contributed by atoms with E-state index < -0.39 is 0 Å². The van der Waals surface area contributed by atoms with Crippen molar-refractivity contribution in [3.05, 3.63) is 0 Å². The van der Waals surface area contributed by atoms with Gasteiger partial charge in [-0.1, -0.05) is 13.8 Å².